The maximum Gasteiger partial charge on any atom is 0.232 e. The summed E-state index contributed by atoms with van der Waals surface area (Å²) in [4.78, 5) is 30.3. The second-order valence-corrected chi connectivity index (χ2v) is 5.98. The predicted molar refractivity (Wildman–Crippen MR) is 90.3 cm³/mol. The van der Waals surface area contributed by atoms with Crippen molar-refractivity contribution in [2.75, 3.05) is 23.9 Å². The zero-order valence-corrected chi connectivity index (χ0v) is 14.1. The smallest absolute Gasteiger partial charge is 0.232 e. The number of nitrogens with one attached hydrogen (secondary N) is 1. The fraction of sp³-hybridized carbons (Fsp3) is 0.312. The third-order valence-corrected chi connectivity index (χ3v) is 4.29. The van der Waals surface area contributed by atoms with Crippen LogP contribution in [0.25, 0.3) is 0 Å². The van der Waals surface area contributed by atoms with E-state index in [1.165, 1.54) is 7.11 Å². The fourth-order valence-corrected chi connectivity index (χ4v) is 2.91. The summed E-state index contributed by atoms with van der Waals surface area (Å²) >= 11 is 6.11. The molecule has 3 rings (SSSR count). The van der Waals surface area contributed by atoms with Gasteiger partial charge in [0.25, 0.3) is 0 Å². The molecule has 1 aliphatic rings. The molecule has 2 amide bonds. The molecule has 1 atom stereocenters. The first kappa shape index (κ1) is 16.3. The molecule has 0 saturated carbocycles. The number of imidazole rings is 1. The molecule has 0 aliphatic carbocycles. The van der Waals surface area contributed by atoms with Crippen LogP contribution in [0, 0.1) is 5.92 Å². The summed E-state index contributed by atoms with van der Waals surface area (Å²) in [5.74, 6) is 0.223. The summed E-state index contributed by atoms with van der Waals surface area (Å²) in [5.41, 5.74) is 0.651. The Hall–Kier alpha value is -2.54. The lowest BCUT2D eigenvalue weighted by atomic mass is 10.1. The summed E-state index contributed by atoms with van der Waals surface area (Å²) in [6.07, 6.45) is 3.49. The zero-order valence-electron chi connectivity index (χ0n) is 13.3. The number of aryl methyl sites for hydroxylation is 1. The summed E-state index contributed by atoms with van der Waals surface area (Å²) < 4.78 is 6.81. The maximum absolute atomic E-state index is 12.4. The molecule has 0 bridgehead atoms. The monoisotopic (exact) mass is 348 g/mol. The van der Waals surface area contributed by atoms with Crippen molar-refractivity contribution in [3.8, 4) is 5.75 Å². The van der Waals surface area contributed by atoms with Gasteiger partial charge in [0.05, 0.1) is 18.1 Å². The van der Waals surface area contributed by atoms with Gasteiger partial charge in [-0.15, -0.1) is 0 Å². The largest absolute Gasteiger partial charge is 0.495 e. The summed E-state index contributed by atoms with van der Waals surface area (Å²) in [5, 5.41) is 3.16. The highest BCUT2D eigenvalue weighted by Crippen LogP contribution is 2.32. The van der Waals surface area contributed by atoms with Crippen LogP contribution in [0.1, 0.15) is 6.42 Å². The van der Waals surface area contributed by atoms with Crippen LogP contribution in [0.4, 0.5) is 11.6 Å². The standard InChI is InChI=1S/C16H17ClN4O3/c1-20-6-5-18-16(20)19-15(23)10-7-14(22)21(9-10)11-3-4-13(24-2)12(17)8-11/h3-6,8,10H,7,9H2,1-2H3,(H,18,19,23). The van der Waals surface area contributed by atoms with E-state index in [1.54, 1.807) is 47.1 Å². The van der Waals surface area contributed by atoms with Crippen LogP contribution in [-0.2, 0) is 16.6 Å². The molecule has 0 radical (unpaired) electrons. The van der Waals surface area contributed by atoms with Crippen LogP contribution >= 0.6 is 11.6 Å². The van der Waals surface area contributed by atoms with Crippen molar-refractivity contribution in [2.45, 2.75) is 6.42 Å². The molecule has 2 aromatic rings. The van der Waals surface area contributed by atoms with Crippen LogP contribution in [0.3, 0.4) is 0 Å². The number of rotatable bonds is 4. The van der Waals surface area contributed by atoms with Crippen molar-refractivity contribution >= 4 is 35.1 Å². The van der Waals surface area contributed by atoms with Crippen molar-refractivity contribution in [3.63, 3.8) is 0 Å². The predicted octanol–water partition coefficient (Wildman–Crippen LogP) is 2.07. The number of hydrogen-bond donors (Lipinski definition) is 1. The highest BCUT2D eigenvalue weighted by molar-refractivity contribution is 6.32. The number of halogens is 1. The molecule has 1 aliphatic heterocycles. The van der Waals surface area contributed by atoms with E-state index in [0.717, 1.165) is 0 Å². The average molecular weight is 349 g/mol. The molecule has 1 unspecified atom stereocenters. The summed E-state index contributed by atoms with van der Waals surface area (Å²) in [7, 11) is 3.31. The van der Waals surface area contributed by atoms with Crippen LogP contribution in [0.2, 0.25) is 5.02 Å². The van der Waals surface area contributed by atoms with E-state index in [1.807, 2.05) is 0 Å². The minimum Gasteiger partial charge on any atom is -0.495 e. The first-order valence-corrected chi connectivity index (χ1v) is 7.79. The van der Waals surface area contributed by atoms with Gasteiger partial charge in [-0.3, -0.25) is 14.9 Å². The zero-order chi connectivity index (χ0) is 17.3. The van der Waals surface area contributed by atoms with Crippen molar-refractivity contribution < 1.29 is 14.3 Å². The van der Waals surface area contributed by atoms with Gasteiger partial charge in [0.2, 0.25) is 17.8 Å². The number of anilines is 2. The molecule has 8 heteroatoms. The van der Waals surface area contributed by atoms with Crippen molar-refractivity contribution in [1.29, 1.82) is 0 Å². The number of hydrogen-bond acceptors (Lipinski definition) is 4. The second kappa shape index (κ2) is 6.52. The molecule has 1 saturated heterocycles. The Labute approximate surface area is 144 Å². The molecule has 7 nitrogen and oxygen atoms in total. The van der Waals surface area contributed by atoms with Gasteiger partial charge in [0.1, 0.15) is 5.75 Å². The minimum atomic E-state index is -0.435. The van der Waals surface area contributed by atoms with Crippen LogP contribution in [0.5, 0.6) is 5.75 Å². The highest BCUT2D eigenvalue weighted by atomic mass is 35.5. The Kier molecular flexibility index (Phi) is 4.44. The SMILES string of the molecule is COc1ccc(N2CC(C(=O)Nc3nccn3C)CC2=O)cc1Cl. The molecule has 0 spiro atoms. The molecule has 126 valence electrons. The van der Waals surface area contributed by atoms with Gasteiger partial charge >= 0.3 is 0 Å². The molecule has 1 aromatic carbocycles. The molecule has 2 heterocycles. The molecule has 24 heavy (non-hydrogen) atoms. The lowest BCUT2D eigenvalue weighted by Gasteiger charge is -2.17. The molecule has 1 fully saturated rings. The first-order valence-electron chi connectivity index (χ1n) is 7.41. The topological polar surface area (TPSA) is 76.5 Å². The van der Waals surface area contributed by atoms with E-state index in [2.05, 4.69) is 10.3 Å². The van der Waals surface area contributed by atoms with E-state index in [0.29, 0.717) is 29.0 Å². The van der Waals surface area contributed by atoms with Gasteiger partial charge in [-0.1, -0.05) is 11.6 Å². The lowest BCUT2D eigenvalue weighted by molar-refractivity contribution is -0.122. The second-order valence-electron chi connectivity index (χ2n) is 5.58. The van der Waals surface area contributed by atoms with Crippen molar-refractivity contribution in [2.24, 2.45) is 13.0 Å². The highest BCUT2D eigenvalue weighted by Gasteiger charge is 2.35. The van der Waals surface area contributed by atoms with Crippen molar-refractivity contribution in [1.82, 2.24) is 9.55 Å². The van der Waals surface area contributed by atoms with Gasteiger partial charge in [0, 0.05) is 38.1 Å². The molecule has 1 aromatic heterocycles. The first-order chi connectivity index (χ1) is 11.5. The molecule has 1 N–H and O–H groups in total. The fourth-order valence-electron chi connectivity index (χ4n) is 2.65. The van der Waals surface area contributed by atoms with E-state index >= 15 is 0 Å². The summed E-state index contributed by atoms with van der Waals surface area (Å²) in [6.45, 7) is 0.303. The Morgan fingerprint density at radius 3 is 2.88 bits per heavy atom. The number of methoxy groups -OCH3 is 1. The van der Waals surface area contributed by atoms with Crippen molar-refractivity contribution in [3.05, 3.63) is 35.6 Å². The van der Waals surface area contributed by atoms with E-state index < -0.39 is 5.92 Å². The molecular weight excluding hydrogens is 332 g/mol. The van der Waals surface area contributed by atoms with E-state index in [9.17, 15) is 9.59 Å². The summed E-state index contributed by atoms with van der Waals surface area (Å²) in [6, 6.07) is 5.12. The number of aromatic nitrogens is 2. The number of nitrogens with zero attached hydrogens (tertiary/aromatic N) is 3. The van der Waals surface area contributed by atoms with Gasteiger partial charge < -0.3 is 14.2 Å². The van der Waals surface area contributed by atoms with E-state index in [-0.39, 0.29) is 18.2 Å². The Bertz CT molecular complexity index is 789. The lowest BCUT2D eigenvalue weighted by Crippen LogP contribution is -2.28. The number of carbonyl (C=O) groups excluding carboxylic acids is 2. The normalized spacial score (nSPS) is 17.2. The Balaban J connectivity index is 1.72. The Morgan fingerprint density at radius 2 is 2.25 bits per heavy atom. The number of ether oxygens (including phenoxy) is 1. The van der Waals surface area contributed by atoms with E-state index in [4.69, 9.17) is 16.3 Å². The van der Waals surface area contributed by atoms with Crippen LogP contribution in [-0.4, -0.2) is 35.0 Å². The average Bonchev–Trinajstić information content (AvgIpc) is 3.13. The van der Waals surface area contributed by atoms with Crippen LogP contribution < -0.4 is 15.0 Å². The maximum atomic E-state index is 12.4. The van der Waals surface area contributed by atoms with Gasteiger partial charge in [0.15, 0.2) is 0 Å². The third-order valence-electron chi connectivity index (χ3n) is 4.00. The third kappa shape index (κ3) is 3.07. The molecular formula is C16H17ClN4O3. The van der Waals surface area contributed by atoms with Crippen LogP contribution in [0.15, 0.2) is 30.6 Å². The van der Waals surface area contributed by atoms with Gasteiger partial charge in [-0.25, -0.2) is 4.98 Å². The van der Waals surface area contributed by atoms with Gasteiger partial charge in [-0.2, -0.15) is 0 Å². The number of carbonyl (C=O) groups is 2. The van der Waals surface area contributed by atoms with Gasteiger partial charge in [-0.05, 0) is 18.2 Å². The minimum absolute atomic E-state index is 0.115. The number of benzene rings is 1. The Morgan fingerprint density at radius 1 is 1.46 bits per heavy atom. The quantitative estimate of drug-likeness (QED) is 0.917. The number of amides is 2.